The van der Waals surface area contributed by atoms with E-state index in [1.54, 1.807) is 55.8 Å². The van der Waals surface area contributed by atoms with Gasteiger partial charge in [0.15, 0.2) is 0 Å². The molecule has 0 unspecified atom stereocenters. The second-order valence-electron chi connectivity index (χ2n) is 7.69. The highest BCUT2D eigenvalue weighted by Crippen LogP contribution is 2.14. The van der Waals surface area contributed by atoms with Gasteiger partial charge in [-0.3, -0.25) is 29.0 Å². The largest absolute Gasteiger partial charge is 0.348 e. The summed E-state index contributed by atoms with van der Waals surface area (Å²) in [6, 6.07) is 11.7. The van der Waals surface area contributed by atoms with Gasteiger partial charge in [0, 0.05) is 30.4 Å². The predicted molar refractivity (Wildman–Crippen MR) is 130 cm³/mol. The van der Waals surface area contributed by atoms with E-state index in [4.69, 9.17) is 16.4 Å². The summed E-state index contributed by atoms with van der Waals surface area (Å²) in [4.78, 5) is 44.1. The van der Waals surface area contributed by atoms with Crippen LogP contribution in [0.4, 0.5) is 0 Å². The molecule has 0 saturated carbocycles. The van der Waals surface area contributed by atoms with Crippen molar-refractivity contribution in [1.29, 1.82) is 0 Å². The number of hydrazine groups is 1. The van der Waals surface area contributed by atoms with Gasteiger partial charge in [0.05, 0.1) is 30.3 Å². The molecule has 1 aliphatic rings. The Kier molecular flexibility index (Phi) is 6.85. The number of carbonyl (C=O) groups excluding carboxylic acids is 1. The van der Waals surface area contributed by atoms with E-state index in [9.17, 15) is 14.4 Å². The smallest absolute Gasteiger partial charge is 0.331 e. The maximum absolute atomic E-state index is 13.2. The summed E-state index contributed by atoms with van der Waals surface area (Å²) in [5.41, 5.74) is 4.36. The first-order valence-electron chi connectivity index (χ1n) is 10.7. The predicted octanol–water partition coefficient (Wildman–Crippen LogP) is 2.30. The molecular weight excluding hydrogens is 458 g/mol. The van der Waals surface area contributed by atoms with Crippen LogP contribution in [0.25, 0.3) is 10.9 Å². The van der Waals surface area contributed by atoms with Gasteiger partial charge in [0.2, 0.25) is 0 Å². The van der Waals surface area contributed by atoms with Crippen molar-refractivity contribution >= 4 is 28.4 Å². The molecule has 34 heavy (non-hydrogen) atoms. The molecule has 10 heteroatoms. The summed E-state index contributed by atoms with van der Waals surface area (Å²) >= 11 is 6.04. The van der Waals surface area contributed by atoms with Gasteiger partial charge in [-0.2, -0.15) is 5.17 Å². The average molecular weight is 482 g/mol. The highest BCUT2D eigenvalue weighted by Gasteiger charge is 2.15. The Labute approximate surface area is 200 Å². The van der Waals surface area contributed by atoms with Crippen LogP contribution in [0.2, 0.25) is 5.02 Å². The fourth-order valence-electron chi connectivity index (χ4n) is 3.63. The molecule has 1 aliphatic heterocycles. The number of carbonyl (C=O) groups is 1. The van der Waals surface area contributed by atoms with Gasteiger partial charge >= 0.3 is 5.69 Å². The molecule has 0 saturated heterocycles. The van der Waals surface area contributed by atoms with E-state index in [1.807, 2.05) is 13.0 Å². The van der Waals surface area contributed by atoms with E-state index in [-0.39, 0.29) is 24.4 Å². The second kappa shape index (κ2) is 9.98. The Bertz CT molecular complexity index is 1420. The summed E-state index contributed by atoms with van der Waals surface area (Å²) in [7, 11) is 1.60. The molecule has 0 fully saturated rings. The summed E-state index contributed by atoms with van der Waals surface area (Å²) in [5.74, 6) is -0.335. The van der Waals surface area contributed by atoms with Gasteiger partial charge in [-0.05, 0) is 54.5 Å². The number of amides is 1. The highest BCUT2D eigenvalue weighted by molar-refractivity contribution is 6.30. The Hall–Kier alpha value is -3.82. The van der Waals surface area contributed by atoms with Crippen LogP contribution in [0.1, 0.15) is 22.8 Å². The van der Waals surface area contributed by atoms with Gasteiger partial charge in [-0.25, -0.2) is 4.79 Å². The molecule has 4 rings (SSSR count). The van der Waals surface area contributed by atoms with E-state index in [2.05, 4.69) is 10.7 Å². The summed E-state index contributed by atoms with van der Waals surface area (Å²) in [6.45, 7) is 2.76. The number of aromatic nitrogens is 2. The van der Waals surface area contributed by atoms with Crippen LogP contribution in [0, 0.1) is 0 Å². The van der Waals surface area contributed by atoms with E-state index in [1.165, 1.54) is 15.8 Å². The lowest BCUT2D eigenvalue weighted by molar-refractivity contribution is -0.143. The summed E-state index contributed by atoms with van der Waals surface area (Å²) in [6.07, 6.45) is 5.25. The van der Waals surface area contributed by atoms with Crippen LogP contribution in [-0.2, 0) is 18.4 Å². The summed E-state index contributed by atoms with van der Waals surface area (Å²) < 4.78 is 2.54. The lowest BCUT2D eigenvalue weighted by Gasteiger charge is -2.22. The van der Waals surface area contributed by atoms with Crippen molar-refractivity contribution < 1.29 is 9.63 Å². The number of benzene rings is 2. The number of rotatable bonds is 7. The maximum Gasteiger partial charge on any atom is 0.331 e. The van der Waals surface area contributed by atoms with Crippen molar-refractivity contribution in [3.63, 3.8) is 0 Å². The number of hydroxylamine groups is 1. The molecule has 176 valence electrons. The fourth-order valence-corrected chi connectivity index (χ4v) is 3.84. The minimum absolute atomic E-state index is 0.0741. The van der Waals surface area contributed by atoms with Crippen molar-refractivity contribution in [3.05, 3.63) is 104 Å². The molecule has 1 aromatic heterocycles. The monoisotopic (exact) mass is 481 g/mol. The lowest BCUT2D eigenvalue weighted by Crippen LogP contribution is -2.39. The quantitative estimate of drug-likeness (QED) is 0.537. The third kappa shape index (κ3) is 4.90. The molecule has 0 bridgehead atoms. The number of hydrogen-bond acceptors (Lipinski definition) is 6. The molecule has 0 atom stereocenters. The standard InChI is InChI=1S/C24H24ClN5O4/c1-3-34-30-10-9-17(14-27-30)13-26-22(31)18-7-8-21-20(12-18)23(32)29(24(33)28(21)2)15-16-5-4-6-19(25)11-16/h4-12,14,27H,3,13,15H2,1-2H3,(H,26,31). The first-order chi connectivity index (χ1) is 16.4. The molecular formula is C24H24ClN5O4. The molecule has 2 heterocycles. The molecule has 3 aromatic rings. The van der Waals surface area contributed by atoms with Gasteiger partial charge in [0.1, 0.15) is 0 Å². The van der Waals surface area contributed by atoms with Crippen molar-refractivity contribution in [2.75, 3.05) is 13.2 Å². The second-order valence-corrected chi connectivity index (χ2v) is 8.12. The Morgan fingerprint density at radius 2 is 2.00 bits per heavy atom. The van der Waals surface area contributed by atoms with Crippen LogP contribution in [0.5, 0.6) is 0 Å². The maximum atomic E-state index is 13.2. The molecule has 2 aromatic carbocycles. The minimum atomic E-state index is -0.467. The number of hydrogen-bond donors (Lipinski definition) is 2. The van der Waals surface area contributed by atoms with Crippen molar-refractivity contribution in [3.8, 4) is 0 Å². The van der Waals surface area contributed by atoms with E-state index < -0.39 is 11.2 Å². The SMILES string of the molecule is CCON1C=CC(CNC(=O)c2ccc3c(c2)c(=O)n(Cc2cccc(Cl)c2)c(=O)n3C)=CN1. The third-order valence-corrected chi connectivity index (χ3v) is 5.60. The zero-order chi connectivity index (χ0) is 24.2. The Morgan fingerprint density at radius 1 is 1.18 bits per heavy atom. The molecule has 1 amide bonds. The lowest BCUT2D eigenvalue weighted by atomic mass is 10.1. The highest BCUT2D eigenvalue weighted by atomic mass is 35.5. The molecule has 9 nitrogen and oxygen atoms in total. The first kappa shape index (κ1) is 23.3. The topological polar surface area (TPSA) is 97.6 Å². The van der Waals surface area contributed by atoms with Crippen LogP contribution in [-0.4, -0.2) is 33.4 Å². The normalized spacial score (nSPS) is 13.0. The molecule has 0 aliphatic carbocycles. The fraction of sp³-hybridized carbons (Fsp3) is 0.208. The number of aryl methyl sites for hydroxylation is 1. The van der Waals surface area contributed by atoms with E-state index in [0.29, 0.717) is 22.7 Å². The third-order valence-electron chi connectivity index (χ3n) is 5.37. The number of nitrogens with zero attached hydrogens (tertiary/aromatic N) is 3. The van der Waals surface area contributed by atoms with Crippen LogP contribution in [0.3, 0.4) is 0 Å². The van der Waals surface area contributed by atoms with Crippen molar-refractivity contribution in [1.82, 2.24) is 25.0 Å². The zero-order valence-corrected chi connectivity index (χ0v) is 19.5. The van der Waals surface area contributed by atoms with Gasteiger partial charge in [0.25, 0.3) is 11.5 Å². The van der Waals surface area contributed by atoms with Crippen LogP contribution < -0.4 is 22.0 Å². The van der Waals surface area contributed by atoms with Crippen LogP contribution >= 0.6 is 11.6 Å². The molecule has 2 N–H and O–H groups in total. The number of nitrogens with one attached hydrogen (secondary N) is 2. The average Bonchev–Trinajstić information content (AvgIpc) is 2.84. The molecule has 0 radical (unpaired) electrons. The minimum Gasteiger partial charge on any atom is -0.348 e. The Balaban J connectivity index is 1.58. The number of halogens is 1. The van der Waals surface area contributed by atoms with E-state index >= 15 is 0 Å². The van der Waals surface area contributed by atoms with Crippen molar-refractivity contribution in [2.24, 2.45) is 7.05 Å². The van der Waals surface area contributed by atoms with Crippen LogP contribution in [0.15, 0.2) is 76.1 Å². The molecule has 0 spiro atoms. The number of fused-ring (bicyclic) bond motifs is 1. The summed E-state index contributed by atoms with van der Waals surface area (Å²) in [5, 5.41) is 5.10. The Morgan fingerprint density at radius 3 is 2.71 bits per heavy atom. The van der Waals surface area contributed by atoms with Gasteiger partial charge in [-0.1, -0.05) is 23.7 Å². The zero-order valence-electron chi connectivity index (χ0n) is 18.7. The first-order valence-corrected chi connectivity index (χ1v) is 11.1. The van der Waals surface area contributed by atoms with Gasteiger partial charge in [-0.15, -0.1) is 0 Å². The van der Waals surface area contributed by atoms with Gasteiger partial charge < -0.3 is 5.32 Å². The van der Waals surface area contributed by atoms with E-state index in [0.717, 1.165) is 15.7 Å². The van der Waals surface area contributed by atoms with Crippen molar-refractivity contribution in [2.45, 2.75) is 13.5 Å².